The van der Waals surface area contributed by atoms with Crippen molar-refractivity contribution < 1.29 is 29.1 Å². The molecule has 10 rings (SSSR count). The average Bonchev–Trinajstić information content (AvgIpc) is 4.20. The Morgan fingerprint density at radius 2 is 1.66 bits per heavy atom. The van der Waals surface area contributed by atoms with Crippen LogP contribution in [0, 0.1) is 12.8 Å². The van der Waals surface area contributed by atoms with Gasteiger partial charge in [0.15, 0.2) is 5.82 Å². The highest BCUT2D eigenvalue weighted by Crippen LogP contribution is 2.40. The first kappa shape index (κ1) is 50.8. The van der Waals surface area contributed by atoms with Gasteiger partial charge < -0.3 is 50.1 Å². The summed E-state index contributed by atoms with van der Waals surface area (Å²) in [4.78, 5) is 49.3. The maximum Gasteiger partial charge on any atom is 0.243 e. The first-order chi connectivity index (χ1) is 35.9. The number of nitrogens with one attached hydrogen (secondary N) is 1. The average molecular weight is 1030 g/mol. The molecular formula is C55H68N12O6S. The van der Waals surface area contributed by atoms with Gasteiger partial charge in [-0.2, -0.15) is 0 Å². The number of aromatic nitrogens is 5. The molecule has 0 saturated carbocycles. The van der Waals surface area contributed by atoms with Crippen LogP contribution in [-0.2, 0) is 16.0 Å². The lowest BCUT2D eigenvalue weighted by atomic mass is 9.91. The highest BCUT2D eigenvalue weighted by Gasteiger charge is 2.44. The molecule has 4 saturated heterocycles. The highest BCUT2D eigenvalue weighted by molar-refractivity contribution is 7.13. The number of rotatable bonds is 18. The van der Waals surface area contributed by atoms with E-state index in [1.165, 1.54) is 4.90 Å². The number of piperazine rings is 2. The molecular weight excluding hydrogens is 957 g/mol. The molecule has 19 heteroatoms. The second kappa shape index (κ2) is 22.4. The molecule has 0 aliphatic carbocycles. The van der Waals surface area contributed by atoms with Gasteiger partial charge >= 0.3 is 0 Å². The smallest absolute Gasteiger partial charge is 0.243 e. The van der Waals surface area contributed by atoms with E-state index < -0.39 is 18.1 Å². The number of hydrogen-bond donors (Lipinski definition) is 4. The summed E-state index contributed by atoms with van der Waals surface area (Å²) < 4.78 is 12.1. The molecule has 18 nitrogen and oxygen atoms in total. The normalized spacial score (nSPS) is 21.1. The summed E-state index contributed by atoms with van der Waals surface area (Å²) in [6.07, 6.45) is 4.97. The molecule has 6 aromatic rings. The summed E-state index contributed by atoms with van der Waals surface area (Å²) >= 11 is 1.60. The number of anilines is 3. The number of hydrogen-bond acceptors (Lipinski definition) is 17. The number of aliphatic hydroxyl groups is 1. The van der Waals surface area contributed by atoms with Gasteiger partial charge in [-0.15, -0.1) is 21.5 Å². The summed E-state index contributed by atoms with van der Waals surface area (Å²) in [6, 6.07) is 22.7. The number of likely N-dealkylation sites (tertiary alicyclic amines) is 1. The number of thiazole rings is 1. The van der Waals surface area contributed by atoms with Crippen LogP contribution in [0.1, 0.15) is 81.1 Å². The number of nitrogens with two attached hydrogens (primary N) is 1. The fraction of sp³-hybridized carbons (Fsp3) is 0.473. The maximum atomic E-state index is 14.3. The van der Waals surface area contributed by atoms with Crippen molar-refractivity contribution in [2.45, 2.75) is 96.0 Å². The van der Waals surface area contributed by atoms with Crippen molar-refractivity contribution in [3.63, 3.8) is 0 Å². The molecule has 6 atom stereocenters. The number of ether oxygens (including phenoxy) is 1. The lowest BCUT2D eigenvalue weighted by Crippen LogP contribution is -2.54. The number of para-hydroxylation sites is 1. The predicted molar refractivity (Wildman–Crippen MR) is 285 cm³/mol. The molecule has 4 aliphatic rings. The zero-order chi connectivity index (χ0) is 51.5. The molecule has 74 heavy (non-hydrogen) atoms. The lowest BCUT2D eigenvalue weighted by Gasteiger charge is -2.43. The number of benzene rings is 2. The summed E-state index contributed by atoms with van der Waals surface area (Å²) in [7, 11) is 0. The number of aryl methyl sites for hydroxylation is 2. The van der Waals surface area contributed by atoms with E-state index in [2.05, 4.69) is 62.4 Å². The minimum absolute atomic E-state index is 0.0831. The van der Waals surface area contributed by atoms with Crippen LogP contribution in [0.25, 0.3) is 21.7 Å². The Morgan fingerprint density at radius 1 is 0.919 bits per heavy atom. The van der Waals surface area contributed by atoms with Gasteiger partial charge in [-0.25, -0.2) is 9.97 Å². The summed E-state index contributed by atoms with van der Waals surface area (Å²) in [5.74, 6) is 0.365. The van der Waals surface area contributed by atoms with Crippen molar-refractivity contribution in [1.29, 1.82) is 0 Å². The van der Waals surface area contributed by atoms with Crippen LogP contribution in [0.4, 0.5) is 17.2 Å². The summed E-state index contributed by atoms with van der Waals surface area (Å²) in [5.41, 5.74) is 15.2. The van der Waals surface area contributed by atoms with Gasteiger partial charge in [0, 0.05) is 100 Å². The van der Waals surface area contributed by atoms with E-state index in [1.807, 2.05) is 87.9 Å². The van der Waals surface area contributed by atoms with Gasteiger partial charge in [-0.1, -0.05) is 55.4 Å². The van der Waals surface area contributed by atoms with Crippen molar-refractivity contribution in [3.05, 3.63) is 107 Å². The van der Waals surface area contributed by atoms with Gasteiger partial charge in [-0.3, -0.25) is 14.5 Å². The Morgan fingerprint density at radius 3 is 2.38 bits per heavy atom. The third kappa shape index (κ3) is 11.2. The van der Waals surface area contributed by atoms with Crippen molar-refractivity contribution >= 4 is 40.3 Å². The molecule has 2 amide bonds. The second-order valence-electron chi connectivity index (χ2n) is 20.7. The molecule has 4 fully saturated rings. The zero-order valence-corrected chi connectivity index (χ0v) is 43.5. The Hall–Kier alpha value is -6.67. The molecule has 390 valence electrons. The minimum Gasteiger partial charge on any atom is -0.507 e. The van der Waals surface area contributed by atoms with E-state index in [-0.39, 0.29) is 42.5 Å². The lowest BCUT2D eigenvalue weighted by molar-refractivity contribution is -0.141. The molecule has 2 aromatic carbocycles. The summed E-state index contributed by atoms with van der Waals surface area (Å²) in [6.45, 7) is 15.6. The number of carbonyl (C=O) groups excluding carboxylic acids is 2. The number of pyridine rings is 1. The first-order valence-electron chi connectivity index (χ1n) is 26.1. The molecule has 0 radical (unpaired) electrons. The van der Waals surface area contributed by atoms with Crippen molar-refractivity contribution in [3.8, 4) is 33.3 Å². The van der Waals surface area contributed by atoms with Crippen LogP contribution in [0.5, 0.6) is 11.6 Å². The van der Waals surface area contributed by atoms with Crippen LogP contribution >= 0.6 is 11.3 Å². The predicted octanol–water partition coefficient (Wildman–Crippen LogP) is 6.31. The monoisotopic (exact) mass is 1020 g/mol. The Balaban J connectivity index is 0.655. The SMILES string of the molecule is Cc1ncsc1-c1ccc([C@H](C)NC(=O)[C@@H]2C[C@@H](O)CN2C(=O)[C@H](c2cc(CCCN3CCN(CCOc4cc(N5C6CCC5CN(c5cc(-c7ccccc7O)nnc5N)C6)ccn4)CC3)no2)C(C)C)cc1. The van der Waals surface area contributed by atoms with E-state index in [1.54, 1.807) is 23.5 Å². The number of amides is 2. The molecule has 2 bridgehead atoms. The Labute approximate surface area is 436 Å². The second-order valence-corrected chi connectivity index (χ2v) is 21.5. The van der Waals surface area contributed by atoms with Crippen LogP contribution in [0.2, 0.25) is 0 Å². The van der Waals surface area contributed by atoms with Crippen molar-refractivity contribution in [2.24, 2.45) is 5.92 Å². The number of fused-ring (bicyclic) bond motifs is 2. The van der Waals surface area contributed by atoms with E-state index in [9.17, 15) is 19.8 Å². The molecule has 2 unspecified atom stereocenters. The standard InChI is InChI=1S/C55H68N12O6S/c1-34(2)51(55(71)66-32-43(68)28-47(66)54(70)59-35(3)37-11-13-38(14-12-37)52-36(4)58-33-74-52)49-26-39(62-73-49)8-7-19-63-20-22-64(23-21-63)24-25-72-50-27-40(17-18-57-50)67-41-15-16-42(67)31-65(30-41)46-29-45(60-61-53(46)56)44-9-5-6-10-48(44)69/h5-6,9-14,17-18,26-27,29,33-35,41-43,47,51,68-69H,7-8,15-16,19-25,28,30-32H2,1-4H3,(H2,56,61)(H,59,70)/t35-,41?,42?,43+,47-,51-/m0/s1. The highest BCUT2D eigenvalue weighted by atomic mass is 32.1. The number of nitrogens with zero attached hydrogens (tertiary/aromatic N) is 10. The quantitative estimate of drug-likeness (QED) is 0.0742. The van der Waals surface area contributed by atoms with Crippen LogP contribution in [-0.4, -0.2) is 152 Å². The number of aromatic hydroxyl groups is 1. The van der Waals surface area contributed by atoms with E-state index in [0.717, 1.165) is 110 Å². The summed E-state index contributed by atoms with van der Waals surface area (Å²) in [5, 5.41) is 37.2. The van der Waals surface area contributed by atoms with E-state index in [0.29, 0.717) is 53.8 Å². The molecule has 4 aliphatic heterocycles. The molecule has 8 heterocycles. The maximum absolute atomic E-state index is 14.3. The number of β-amino-alcohol motifs (C(OH)–C–C–N with tert-alkyl or cyclic N) is 1. The number of aliphatic hydroxyl groups excluding tert-OH is 1. The van der Waals surface area contributed by atoms with Gasteiger partial charge in [0.05, 0.1) is 45.3 Å². The minimum atomic E-state index is -0.802. The molecule has 4 aromatic heterocycles. The van der Waals surface area contributed by atoms with E-state index >= 15 is 0 Å². The number of phenolic OH excluding ortho intramolecular Hbond substituents is 1. The van der Waals surface area contributed by atoms with Gasteiger partial charge in [0.1, 0.15) is 30.1 Å². The topological polar surface area (TPSA) is 216 Å². The van der Waals surface area contributed by atoms with Gasteiger partial charge in [-0.05, 0) is 87.4 Å². The third-order valence-corrected chi connectivity index (χ3v) is 16.3. The number of phenols is 1. The molecule has 5 N–H and O–H groups in total. The Bertz CT molecular complexity index is 2870. The van der Waals surface area contributed by atoms with Gasteiger partial charge in [0.25, 0.3) is 0 Å². The van der Waals surface area contributed by atoms with Crippen LogP contribution in [0.15, 0.2) is 89.0 Å². The Kier molecular flexibility index (Phi) is 15.4. The number of nitrogen functional groups attached to an aromatic ring is 1. The fourth-order valence-corrected chi connectivity index (χ4v) is 12.1. The van der Waals surface area contributed by atoms with Crippen LogP contribution < -0.4 is 25.6 Å². The van der Waals surface area contributed by atoms with Crippen molar-refractivity contribution in [2.75, 3.05) is 81.0 Å². The largest absolute Gasteiger partial charge is 0.507 e. The van der Waals surface area contributed by atoms with Crippen LogP contribution in [0.3, 0.4) is 0 Å². The van der Waals surface area contributed by atoms with Crippen molar-refractivity contribution in [1.82, 2.24) is 45.3 Å². The van der Waals surface area contributed by atoms with E-state index in [4.69, 9.17) is 15.0 Å². The first-order valence-corrected chi connectivity index (χ1v) is 27.0. The number of carbonyl (C=O) groups is 2. The third-order valence-electron chi connectivity index (χ3n) is 15.3. The van der Waals surface area contributed by atoms with Gasteiger partial charge in [0.2, 0.25) is 17.7 Å². The fourth-order valence-electron chi connectivity index (χ4n) is 11.3. The zero-order valence-electron chi connectivity index (χ0n) is 42.7. The molecule has 0 spiro atoms.